The van der Waals surface area contributed by atoms with Crippen molar-refractivity contribution in [1.29, 1.82) is 0 Å². The summed E-state index contributed by atoms with van der Waals surface area (Å²) in [6, 6.07) is 13.7. The van der Waals surface area contributed by atoms with Gasteiger partial charge in [-0.25, -0.2) is 8.42 Å². The molecule has 1 amide bonds. The number of hydrogen-bond acceptors (Lipinski definition) is 4. The Hall–Kier alpha value is -2.34. The van der Waals surface area contributed by atoms with Gasteiger partial charge in [0.05, 0.1) is 10.9 Å². The summed E-state index contributed by atoms with van der Waals surface area (Å²) < 4.78 is 28.7. The van der Waals surface area contributed by atoms with Crippen LogP contribution in [0, 0.1) is 6.92 Å². The molecule has 2 aromatic carbocycles. The fraction of sp³-hybridized carbons (Fsp3) is 0.316. The Morgan fingerprint density at radius 3 is 2.20 bits per heavy atom. The molecular weight excluding hydrogens is 338 g/mol. The van der Waals surface area contributed by atoms with Crippen molar-refractivity contribution in [3.63, 3.8) is 0 Å². The molecule has 2 rings (SSSR count). The Morgan fingerprint density at radius 1 is 1.04 bits per heavy atom. The number of benzene rings is 2. The third-order valence-electron chi connectivity index (χ3n) is 3.93. The van der Waals surface area contributed by atoms with Crippen LogP contribution < -0.4 is 10.1 Å². The highest BCUT2D eigenvalue weighted by molar-refractivity contribution is 7.90. The van der Waals surface area contributed by atoms with Crippen molar-refractivity contribution in [2.24, 2.45) is 0 Å². The van der Waals surface area contributed by atoms with E-state index in [4.69, 9.17) is 4.74 Å². The molecule has 0 heterocycles. The number of sulfone groups is 1. The second-order valence-electron chi connectivity index (χ2n) is 6.10. The quantitative estimate of drug-likeness (QED) is 0.858. The molecule has 1 N–H and O–H groups in total. The van der Waals surface area contributed by atoms with Crippen LogP contribution in [-0.2, 0) is 14.6 Å². The third-order valence-corrected chi connectivity index (χ3v) is 5.06. The Labute approximate surface area is 148 Å². The van der Waals surface area contributed by atoms with Crippen LogP contribution in [0.3, 0.4) is 0 Å². The van der Waals surface area contributed by atoms with E-state index in [9.17, 15) is 13.2 Å². The molecule has 5 nitrogen and oxygen atoms in total. The number of para-hydroxylation sites is 1. The Bertz CT molecular complexity index is 844. The molecule has 0 saturated heterocycles. The molecule has 2 aromatic rings. The van der Waals surface area contributed by atoms with Crippen LogP contribution in [0.4, 0.5) is 0 Å². The lowest BCUT2D eigenvalue weighted by atomic mass is 10.1. The van der Waals surface area contributed by atoms with E-state index in [2.05, 4.69) is 5.32 Å². The first-order valence-electron chi connectivity index (χ1n) is 8.01. The topological polar surface area (TPSA) is 72.5 Å². The number of amides is 1. The lowest BCUT2D eigenvalue weighted by Crippen LogP contribution is -2.37. The first-order chi connectivity index (χ1) is 11.7. The number of nitrogens with one attached hydrogen (secondary N) is 1. The van der Waals surface area contributed by atoms with Crippen LogP contribution in [0.1, 0.15) is 31.0 Å². The standard InChI is InChI=1S/C19H23NO4S/c1-13-7-5-6-8-18(13)24-15(3)19(21)20-14(2)16-9-11-17(12-10-16)25(4,22)23/h5-12,14-15H,1-4H3,(H,20,21). The summed E-state index contributed by atoms with van der Waals surface area (Å²) in [7, 11) is -3.23. The SMILES string of the molecule is Cc1ccccc1OC(C)C(=O)NC(C)c1ccc(S(C)(=O)=O)cc1. The van der Waals surface area contributed by atoms with Crippen molar-refractivity contribution in [3.05, 3.63) is 59.7 Å². The summed E-state index contributed by atoms with van der Waals surface area (Å²) >= 11 is 0. The zero-order chi connectivity index (χ0) is 18.6. The molecule has 0 bridgehead atoms. The fourth-order valence-electron chi connectivity index (χ4n) is 2.35. The summed E-state index contributed by atoms with van der Waals surface area (Å²) in [6.45, 7) is 5.46. The highest BCUT2D eigenvalue weighted by Crippen LogP contribution is 2.19. The van der Waals surface area contributed by atoms with Gasteiger partial charge in [0, 0.05) is 6.26 Å². The first-order valence-corrected chi connectivity index (χ1v) is 9.90. The van der Waals surface area contributed by atoms with Gasteiger partial charge < -0.3 is 10.1 Å². The summed E-state index contributed by atoms with van der Waals surface area (Å²) in [6.07, 6.45) is 0.525. The summed E-state index contributed by atoms with van der Waals surface area (Å²) in [4.78, 5) is 12.6. The number of carbonyl (C=O) groups excluding carboxylic acids is 1. The third kappa shape index (κ3) is 5.06. The van der Waals surface area contributed by atoms with Crippen molar-refractivity contribution in [3.8, 4) is 5.75 Å². The highest BCUT2D eigenvalue weighted by Gasteiger charge is 2.18. The largest absolute Gasteiger partial charge is 0.481 e. The maximum atomic E-state index is 12.3. The Morgan fingerprint density at radius 2 is 1.64 bits per heavy atom. The van der Waals surface area contributed by atoms with Gasteiger partial charge in [0.15, 0.2) is 15.9 Å². The second kappa shape index (κ2) is 7.70. The molecule has 2 unspecified atom stereocenters. The van der Waals surface area contributed by atoms with E-state index in [1.165, 1.54) is 0 Å². The molecular formula is C19H23NO4S. The fourth-order valence-corrected chi connectivity index (χ4v) is 2.98. The molecule has 0 spiro atoms. The predicted octanol–water partition coefficient (Wildman–Crippen LogP) is 3.04. The van der Waals surface area contributed by atoms with Gasteiger partial charge in [-0.3, -0.25) is 4.79 Å². The van der Waals surface area contributed by atoms with Gasteiger partial charge in [0.2, 0.25) is 0 Å². The van der Waals surface area contributed by atoms with Crippen LogP contribution in [0.2, 0.25) is 0 Å². The lowest BCUT2D eigenvalue weighted by Gasteiger charge is -2.20. The van der Waals surface area contributed by atoms with Crippen molar-refractivity contribution < 1.29 is 17.9 Å². The van der Waals surface area contributed by atoms with Crippen molar-refractivity contribution in [1.82, 2.24) is 5.32 Å². The normalized spacial score (nSPS) is 13.8. The lowest BCUT2D eigenvalue weighted by molar-refractivity contribution is -0.127. The Balaban J connectivity index is 2.00. The molecule has 0 saturated carbocycles. The number of hydrogen-bond donors (Lipinski definition) is 1. The molecule has 0 aliphatic heterocycles. The smallest absolute Gasteiger partial charge is 0.261 e. The van der Waals surface area contributed by atoms with E-state index in [0.717, 1.165) is 17.4 Å². The van der Waals surface area contributed by atoms with Crippen LogP contribution in [0.5, 0.6) is 5.75 Å². The van der Waals surface area contributed by atoms with Gasteiger partial charge >= 0.3 is 0 Å². The zero-order valence-corrected chi connectivity index (χ0v) is 15.6. The summed E-state index contributed by atoms with van der Waals surface area (Å²) in [5.41, 5.74) is 1.79. The van der Waals surface area contributed by atoms with Crippen LogP contribution in [0.25, 0.3) is 0 Å². The van der Waals surface area contributed by atoms with Crippen molar-refractivity contribution >= 4 is 15.7 Å². The van der Waals surface area contributed by atoms with Crippen molar-refractivity contribution in [2.75, 3.05) is 6.26 Å². The van der Waals surface area contributed by atoms with E-state index in [1.807, 2.05) is 38.1 Å². The number of rotatable bonds is 6. The summed E-state index contributed by atoms with van der Waals surface area (Å²) in [5.74, 6) is 0.443. The minimum absolute atomic E-state index is 0.233. The van der Waals surface area contributed by atoms with Crippen LogP contribution in [-0.4, -0.2) is 26.7 Å². The average molecular weight is 361 g/mol. The Kier molecular flexibility index (Phi) is 5.85. The van der Waals surface area contributed by atoms with Crippen LogP contribution in [0.15, 0.2) is 53.4 Å². The van der Waals surface area contributed by atoms with E-state index in [-0.39, 0.29) is 16.8 Å². The van der Waals surface area contributed by atoms with Gasteiger partial charge in [-0.05, 0) is 50.1 Å². The average Bonchev–Trinajstić information content (AvgIpc) is 2.56. The van der Waals surface area contributed by atoms with E-state index >= 15 is 0 Å². The van der Waals surface area contributed by atoms with Gasteiger partial charge in [0.25, 0.3) is 5.91 Å². The molecule has 25 heavy (non-hydrogen) atoms. The van der Waals surface area contributed by atoms with Crippen LogP contribution >= 0.6 is 0 Å². The van der Waals surface area contributed by atoms with Gasteiger partial charge in [0.1, 0.15) is 5.75 Å². The molecule has 0 radical (unpaired) electrons. The van der Waals surface area contributed by atoms with E-state index < -0.39 is 15.9 Å². The second-order valence-corrected chi connectivity index (χ2v) is 8.11. The minimum atomic E-state index is -3.23. The number of carbonyl (C=O) groups is 1. The zero-order valence-electron chi connectivity index (χ0n) is 14.8. The molecule has 0 aliphatic rings. The minimum Gasteiger partial charge on any atom is -0.481 e. The molecule has 0 aromatic heterocycles. The summed E-state index contributed by atoms with van der Waals surface area (Å²) in [5, 5.41) is 2.88. The molecule has 0 aliphatic carbocycles. The molecule has 2 atom stereocenters. The van der Waals surface area contributed by atoms with Gasteiger partial charge in [-0.2, -0.15) is 0 Å². The van der Waals surface area contributed by atoms with E-state index in [0.29, 0.717) is 5.75 Å². The van der Waals surface area contributed by atoms with Crippen molar-refractivity contribution in [2.45, 2.75) is 37.8 Å². The molecule has 0 fully saturated rings. The molecule has 6 heteroatoms. The van der Waals surface area contributed by atoms with Gasteiger partial charge in [-0.1, -0.05) is 30.3 Å². The maximum absolute atomic E-state index is 12.3. The number of ether oxygens (including phenoxy) is 1. The van der Waals surface area contributed by atoms with E-state index in [1.54, 1.807) is 31.2 Å². The number of aryl methyl sites for hydroxylation is 1. The predicted molar refractivity (Wildman–Crippen MR) is 97.4 cm³/mol. The van der Waals surface area contributed by atoms with Gasteiger partial charge in [-0.15, -0.1) is 0 Å². The molecule has 134 valence electrons. The maximum Gasteiger partial charge on any atom is 0.261 e. The monoisotopic (exact) mass is 361 g/mol. The highest BCUT2D eigenvalue weighted by atomic mass is 32.2. The first kappa shape index (κ1) is 19.0.